The molecule has 7 nitrogen and oxygen atoms in total. The van der Waals surface area contributed by atoms with Crippen LogP contribution in [0.3, 0.4) is 0 Å². The molecule has 0 radical (unpaired) electrons. The second-order valence-corrected chi connectivity index (χ2v) is 5.22. The monoisotopic (exact) mass is 349 g/mol. The molecule has 1 aromatic heterocycles. The minimum atomic E-state index is -5.08. The number of halogens is 3. The number of carbonyl (C=O) groups is 2. The Balaban J connectivity index is 0.000000351. The first kappa shape index (κ1) is 19.7. The fourth-order valence-electron chi connectivity index (χ4n) is 2.09. The molecule has 24 heavy (non-hydrogen) atoms. The molecule has 2 rings (SSSR count). The number of hydrogen-bond donors (Lipinski definition) is 4. The number of anilines is 1. The maximum atomic E-state index is 11.9. The molecule has 10 heteroatoms. The molecular weight excluding hydrogens is 331 g/mol. The maximum Gasteiger partial charge on any atom is 0.490 e. The van der Waals surface area contributed by atoms with Crippen LogP contribution in [-0.4, -0.2) is 45.4 Å². The second-order valence-electron chi connectivity index (χ2n) is 5.22. The van der Waals surface area contributed by atoms with Crippen LogP contribution in [0.1, 0.15) is 36.0 Å². The summed E-state index contributed by atoms with van der Waals surface area (Å²) >= 11 is 0. The lowest BCUT2D eigenvalue weighted by Crippen LogP contribution is -2.38. The van der Waals surface area contributed by atoms with Crippen molar-refractivity contribution in [1.29, 1.82) is 0 Å². The van der Waals surface area contributed by atoms with E-state index in [2.05, 4.69) is 10.3 Å². The molecular formula is C14H18F3N3O4. The summed E-state index contributed by atoms with van der Waals surface area (Å²) in [6.07, 6.45) is -0.629. The zero-order chi connectivity index (χ0) is 18.3. The topological polar surface area (TPSA) is 126 Å². The molecule has 0 aromatic carbocycles. The molecule has 0 bridgehead atoms. The molecule has 1 fully saturated rings. The van der Waals surface area contributed by atoms with Gasteiger partial charge < -0.3 is 21.3 Å². The largest absolute Gasteiger partial charge is 0.490 e. The zero-order valence-electron chi connectivity index (χ0n) is 12.6. The minimum absolute atomic E-state index is 0.130. The maximum absolute atomic E-state index is 11.9. The highest BCUT2D eigenvalue weighted by Crippen LogP contribution is 2.19. The summed E-state index contributed by atoms with van der Waals surface area (Å²) < 4.78 is 31.7. The van der Waals surface area contributed by atoms with Crippen molar-refractivity contribution >= 4 is 17.7 Å². The van der Waals surface area contributed by atoms with Gasteiger partial charge in [-0.1, -0.05) is 0 Å². The average Bonchev–Trinajstić information content (AvgIpc) is 2.49. The number of carbonyl (C=O) groups excluding carboxylic acids is 1. The smallest absolute Gasteiger partial charge is 0.475 e. The molecule has 5 N–H and O–H groups in total. The zero-order valence-corrected chi connectivity index (χ0v) is 12.6. The Morgan fingerprint density at radius 3 is 2.25 bits per heavy atom. The first-order valence-electron chi connectivity index (χ1n) is 7.10. The molecule has 0 unspecified atom stereocenters. The van der Waals surface area contributed by atoms with Gasteiger partial charge in [0.05, 0.1) is 11.7 Å². The summed E-state index contributed by atoms with van der Waals surface area (Å²) in [6, 6.07) is 3.48. The number of carboxylic acids is 1. The second kappa shape index (κ2) is 8.48. The number of aliphatic hydroxyl groups excluding tert-OH is 1. The number of carboxylic acid groups (broad SMARTS) is 1. The Morgan fingerprint density at radius 1 is 1.25 bits per heavy atom. The summed E-state index contributed by atoms with van der Waals surface area (Å²) in [6.45, 7) is 0. The van der Waals surface area contributed by atoms with Crippen molar-refractivity contribution in [3.63, 3.8) is 0 Å². The molecule has 1 aromatic rings. The van der Waals surface area contributed by atoms with Gasteiger partial charge in [0, 0.05) is 12.2 Å². The minimum Gasteiger partial charge on any atom is -0.475 e. The van der Waals surface area contributed by atoms with Crippen molar-refractivity contribution in [3.05, 3.63) is 23.9 Å². The number of aromatic nitrogens is 1. The molecule has 134 valence electrons. The van der Waals surface area contributed by atoms with Crippen LogP contribution in [0, 0.1) is 0 Å². The Labute approximate surface area is 135 Å². The first-order chi connectivity index (χ1) is 11.1. The lowest BCUT2D eigenvalue weighted by atomic mass is 9.93. The Kier molecular flexibility index (Phi) is 6.96. The van der Waals surface area contributed by atoms with Gasteiger partial charge in [0.25, 0.3) is 5.91 Å². The fraction of sp³-hybridized carbons (Fsp3) is 0.500. The van der Waals surface area contributed by atoms with E-state index in [1.54, 1.807) is 18.3 Å². The van der Waals surface area contributed by atoms with E-state index in [1.807, 2.05) is 0 Å². The van der Waals surface area contributed by atoms with Gasteiger partial charge in [-0.15, -0.1) is 0 Å². The van der Waals surface area contributed by atoms with E-state index in [-0.39, 0.29) is 23.9 Å². The number of nitrogens with two attached hydrogens (primary N) is 1. The number of nitrogen functional groups attached to an aromatic ring is 1. The molecule has 0 spiro atoms. The predicted molar refractivity (Wildman–Crippen MR) is 78.1 cm³/mol. The van der Waals surface area contributed by atoms with Crippen LogP contribution < -0.4 is 11.1 Å². The summed E-state index contributed by atoms with van der Waals surface area (Å²) in [7, 11) is 0. The Hall–Kier alpha value is -2.36. The van der Waals surface area contributed by atoms with Crippen molar-refractivity contribution in [1.82, 2.24) is 10.3 Å². The highest BCUT2D eigenvalue weighted by atomic mass is 19.4. The van der Waals surface area contributed by atoms with E-state index in [4.69, 9.17) is 15.6 Å². The van der Waals surface area contributed by atoms with Crippen molar-refractivity contribution < 1.29 is 33.0 Å². The van der Waals surface area contributed by atoms with E-state index in [9.17, 15) is 23.1 Å². The number of nitrogens with zero attached hydrogens (tertiary/aromatic N) is 1. The lowest BCUT2D eigenvalue weighted by Gasteiger charge is -2.26. The highest BCUT2D eigenvalue weighted by molar-refractivity contribution is 5.98. The molecule has 0 aliphatic heterocycles. The van der Waals surface area contributed by atoms with E-state index in [1.165, 1.54) is 0 Å². The van der Waals surface area contributed by atoms with Crippen LogP contribution in [0.5, 0.6) is 0 Å². The number of aliphatic hydroxyl groups is 1. The van der Waals surface area contributed by atoms with Gasteiger partial charge >= 0.3 is 12.1 Å². The predicted octanol–water partition coefficient (Wildman–Crippen LogP) is 1.33. The Bertz CT molecular complexity index is 573. The number of alkyl halides is 3. The summed E-state index contributed by atoms with van der Waals surface area (Å²) in [5.74, 6) is -2.69. The van der Waals surface area contributed by atoms with E-state index >= 15 is 0 Å². The van der Waals surface area contributed by atoms with Crippen LogP contribution in [0.4, 0.5) is 19.0 Å². The molecule has 1 heterocycles. The average molecular weight is 349 g/mol. The summed E-state index contributed by atoms with van der Waals surface area (Å²) in [5, 5.41) is 19.4. The Morgan fingerprint density at radius 2 is 1.79 bits per heavy atom. The molecule has 1 aliphatic rings. The van der Waals surface area contributed by atoms with Crippen LogP contribution in [0.15, 0.2) is 18.3 Å². The van der Waals surface area contributed by atoms with Crippen molar-refractivity contribution in [2.24, 2.45) is 0 Å². The third-order valence-corrected chi connectivity index (χ3v) is 3.36. The van der Waals surface area contributed by atoms with Gasteiger partial charge in [0.15, 0.2) is 0 Å². The summed E-state index contributed by atoms with van der Waals surface area (Å²) in [4.78, 5) is 24.7. The third kappa shape index (κ3) is 6.41. The van der Waals surface area contributed by atoms with Gasteiger partial charge in [-0.25, -0.2) is 9.78 Å². The van der Waals surface area contributed by atoms with Gasteiger partial charge in [0.2, 0.25) is 0 Å². The van der Waals surface area contributed by atoms with Gasteiger partial charge in [-0.2, -0.15) is 13.2 Å². The molecule has 1 amide bonds. The number of amides is 1. The number of rotatable bonds is 2. The number of nitrogens with one attached hydrogen (secondary N) is 1. The molecule has 1 saturated carbocycles. The number of aliphatic carboxylic acids is 1. The molecule has 0 atom stereocenters. The van der Waals surface area contributed by atoms with Crippen LogP contribution in [0.25, 0.3) is 0 Å². The van der Waals surface area contributed by atoms with Gasteiger partial charge in [-0.3, -0.25) is 4.79 Å². The SMILES string of the molecule is Nc1ncccc1C(=O)NC1CCC(O)CC1.O=C(O)C(F)(F)F. The third-order valence-electron chi connectivity index (χ3n) is 3.36. The fourth-order valence-corrected chi connectivity index (χ4v) is 2.09. The van der Waals surface area contributed by atoms with Crippen LogP contribution >= 0.6 is 0 Å². The standard InChI is InChI=1S/C12H17N3O2.C2HF3O2/c13-11-10(2-1-7-14-11)12(17)15-8-3-5-9(16)6-4-8;3-2(4,5)1(6)7/h1-2,7-9,16H,3-6H2,(H2,13,14)(H,15,17);(H,6,7). The number of pyridine rings is 1. The van der Waals surface area contributed by atoms with Crippen molar-refractivity contribution in [2.45, 2.75) is 44.0 Å². The number of hydrogen-bond acceptors (Lipinski definition) is 5. The van der Waals surface area contributed by atoms with E-state index in [0.717, 1.165) is 25.7 Å². The highest BCUT2D eigenvalue weighted by Gasteiger charge is 2.38. The quantitative estimate of drug-likeness (QED) is 0.638. The van der Waals surface area contributed by atoms with Crippen LogP contribution in [-0.2, 0) is 4.79 Å². The molecule has 0 saturated heterocycles. The van der Waals surface area contributed by atoms with E-state index in [0.29, 0.717) is 5.56 Å². The molecule has 1 aliphatic carbocycles. The normalized spacial score (nSPS) is 20.5. The summed E-state index contributed by atoms with van der Waals surface area (Å²) in [5.41, 5.74) is 6.05. The van der Waals surface area contributed by atoms with Crippen LogP contribution in [0.2, 0.25) is 0 Å². The van der Waals surface area contributed by atoms with Gasteiger partial charge in [0.1, 0.15) is 5.82 Å². The van der Waals surface area contributed by atoms with Crippen molar-refractivity contribution in [2.75, 3.05) is 5.73 Å². The first-order valence-corrected chi connectivity index (χ1v) is 7.10. The van der Waals surface area contributed by atoms with E-state index < -0.39 is 12.1 Å². The van der Waals surface area contributed by atoms with Crippen molar-refractivity contribution in [3.8, 4) is 0 Å². The van der Waals surface area contributed by atoms with Gasteiger partial charge in [-0.05, 0) is 37.8 Å². The lowest BCUT2D eigenvalue weighted by molar-refractivity contribution is -0.192.